The van der Waals surface area contributed by atoms with Crippen molar-refractivity contribution in [2.75, 3.05) is 0 Å². The highest BCUT2D eigenvalue weighted by Crippen LogP contribution is 2.37. The Morgan fingerprint density at radius 2 is 2.17 bits per heavy atom. The Hall–Kier alpha value is -0.870. The predicted octanol–water partition coefficient (Wildman–Crippen LogP) is 3.09. The van der Waals surface area contributed by atoms with E-state index in [0.717, 1.165) is 19.3 Å². The lowest BCUT2D eigenvalue weighted by atomic mass is 9.92. The molecule has 2 rings (SSSR count). The fourth-order valence-corrected chi connectivity index (χ4v) is 2.66. The number of aromatic nitrogens is 2. The van der Waals surface area contributed by atoms with Crippen molar-refractivity contribution in [1.82, 2.24) is 15.5 Å². The summed E-state index contributed by atoms with van der Waals surface area (Å²) in [5, 5.41) is 10.4. The average molecular weight is 288 g/mol. The van der Waals surface area contributed by atoms with Gasteiger partial charge in [-0.05, 0) is 30.7 Å². The molecule has 98 valence electrons. The Morgan fingerprint density at radius 3 is 2.78 bits per heavy atom. The maximum atomic E-state index is 12.1. The van der Waals surface area contributed by atoms with Crippen molar-refractivity contribution in [2.24, 2.45) is 5.41 Å². The van der Waals surface area contributed by atoms with Crippen LogP contribution in [0.15, 0.2) is 6.07 Å². The maximum Gasteiger partial charge on any atom is 0.254 e. The van der Waals surface area contributed by atoms with Gasteiger partial charge in [-0.3, -0.25) is 4.79 Å². The predicted molar refractivity (Wildman–Crippen MR) is 70.9 cm³/mol. The molecule has 1 unspecified atom stereocenters. The van der Waals surface area contributed by atoms with Crippen LogP contribution in [-0.4, -0.2) is 22.1 Å². The van der Waals surface area contributed by atoms with Gasteiger partial charge in [-0.1, -0.05) is 37.0 Å². The minimum absolute atomic E-state index is 0.0779. The quantitative estimate of drug-likeness (QED) is 0.909. The first-order valence-corrected chi connectivity index (χ1v) is 6.62. The minimum atomic E-state index is -0.237. The van der Waals surface area contributed by atoms with Crippen LogP contribution in [0.3, 0.4) is 0 Å². The molecule has 1 aromatic rings. The number of halogens is 2. The fraction of sp³-hybridized carbons (Fsp3) is 0.583. The van der Waals surface area contributed by atoms with E-state index in [9.17, 15) is 4.79 Å². The Bertz CT molecular complexity index is 476. The summed E-state index contributed by atoms with van der Waals surface area (Å²) in [5.74, 6) is -0.237. The van der Waals surface area contributed by atoms with Gasteiger partial charge in [-0.15, -0.1) is 10.2 Å². The molecule has 1 fully saturated rings. The van der Waals surface area contributed by atoms with Crippen LogP contribution >= 0.6 is 23.2 Å². The molecule has 6 heteroatoms. The third kappa shape index (κ3) is 3.12. The van der Waals surface area contributed by atoms with Crippen LogP contribution in [0.5, 0.6) is 0 Å². The molecule has 1 atom stereocenters. The number of nitrogens with one attached hydrogen (secondary N) is 1. The van der Waals surface area contributed by atoms with Crippen LogP contribution in [0, 0.1) is 5.41 Å². The van der Waals surface area contributed by atoms with Gasteiger partial charge >= 0.3 is 0 Å². The lowest BCUT2D eigenvalue weighted by molar-refractivity contribution is 0.0935. The Labute approximate surface area is 116 Å². The van der Waals surface area contributed by atoms with E-state index in [0.29, 0.717) is 0 Å². The zero-order chi connectivity index (χ0) is 13.3. The summed E-state index contributed by atoms with van der Waals surface area (Å²) in [6.45, 7) is 4.41. The second-order valence-electron chi connectivity index (χ2n) is 5.45. The van der Waals surface area contributed by atoms with E-state index in [-0.39, 0.29) is 33.2 Å². The van der Waals surface area contributed by atoms with Crippen molar-refractivity contribution in [1.29, 1.82) is 0 Å². The molecule has 0 bridgehead atoms. The van der Waals surface area contributed by atoms with Gasteiger partial charge in [-0.2, -0.15) is 0 Å². The number of hydrogen-bond donors (Lipinski definition) is 1. The van der Waals surface area contributed by atoms with Crippen LogP contribution in [0.2, 0.25) is 10.3 Å². The second kappa shape index (κ2) is 5.02. The van der Waals surface area contributed by atoms with E-state index in [1.165, 1.54) is 6.07 Å². The smallest absolute Gasteiger partial charge is 0.254 e. The van der Waals surface area contributed by atoms with Crippen molar-refractivity contribution in [3.63, 3.8) is 0 Å². The van der Waals surface area contributed by atoms with Gasteiger partial charge in [-0.25, -0.2) is 0 Å². The lowest BCUT2D eigenvalue weighted by Crippen LogP contribution is -2.33. The molecule has 4 nitrogen and oxygen atoms in total. The van der Waals surface area contributed by atoms with Crippen molar-refractivity contribution < 1.29 is 4.79 Å². The highest BCUT2D eigenvalue weighted by atomic mass is 35.5. The SMILES string of the molecule is CC1(C)CCC(NC(=O)c2cc(Cl)nnc2Cl)C1. The number of carbonyl (C=O) groups is 1. The lowest BCUT2D eigenvalue weighted by Gasteiger charge is -2.18. The van der Waals surface area contributed by atoms with Gasteiger partial charge < -0.3 is 5.32 Å². The molecule has 18 heavy (non-hydrogen) atoms. The number of hydrogen-bond acceptors (Lipinski definition) is 3. The van der Waals surface area contributed by atoms with E-state index >= 15 is 0 Å². The fourth-order valence-electron chi connectivity index (χ4n) is 2.33. The van der Waals surface area contributed by atoms with Gasteiger partial charge in [0.05, 0.1) is 5.56 Å². The second-order valence-corrected chi connectivity index (χ2v) is 6.19. The molecule has 1 heterocycles. The summed E-state index contributed by atoms with van der Waals surface area (Å²) in [6, 6.07) is 1.63. The molecule has 1 aliphatic carbocycles. The van der Waals surface area contributed by atoms with Gasteiger partial charge in [0.15, 0.2) is 10.3 Å². The molecule has 0 aromatic carbocycles. The summed E-state index contributed by atoms with van der Waals surface area (Å²) in [6.07, 6.45) is 3.08. The molecule has 1 aliphatic rings. The third-order valence-corrected chi connectivity index (χ3v) is 3.73. The molecule has 1 N–H and O–H groups in total. The number of nitrogens with zero attached hydrogens (tertiary/aromatic N) is 2. The Morgan fingerprint density at radius 1 is 1.44 bits per heavy atom. The van der Waals surface area contributed by atoms with Crippen LogP contribution in [0.4, 0.5) is 0 Å². The Kier molecular flexibility index (Phi) is 3.78. The topological polar surface area (TPSA) is 54.9 Å². The van der Waals surface area contributed by atoms with Crippen molar-refractivity contribution in [3.05, 3.63) is 21.9 Å². The average Bonchev–Trinajstić information content (AvgIpc) is 2.61. The first-order valence-electron chi connectivity index (χ1n) is 5.87. The van der Waals surface area contributed by atoms with Crippen LogP contribution in [0.1, 0.15) is 43.5 Å². The van der Waals surface area contributed by atoms with Gasteiger partial charge in [0.25, 0.3) is 5.91 Å². The van der Waals surface area contributed by atoms with E-state index < -0.39 is 0 Å². The molecule has 1 aromatic heterocycles. The zero-order valence-corrected chi connectivity index (χ0v) is 11.8. The minimum Gasteiger partial charge on any atom is -0.349 e. The van der Waals surface area contributed by atoms with Crippen molar-refractivity contribution in [2.45, 2.75) is 39.2 Å². The van der Waals surface area contributed by atoms with Crippen LogP contribution in [-0.2, 0) is 0 Å². The normalized spacial score (nSPS) is 21.9. The highest BCUT2D eigenvalue weighted by molar-refractivity contribution is 6.34. The molecule has 0 aliphatic heterocycles. The van der Waals surface area contributed by atoms with E-state index in [2.05, 4.69) is 29.4 Å². The summed E-state index contributed by atoms with van der Waals surface area (Å²) in [4.78, 5) is 12.1. The molecule has 0 spiro atoms. The standard InChI is InChI=1S/C12H15Cl2N3O/c1-12(2)4-3-7(6-12)15-11(18)8-5-9(13)16-17-10(8)14/h5,7H,3-4,6H2,1-2H3,(H,15,18). The summed E-state index contributed by atoms with van der Waals surface area (Å²) in [5.41, 5.74) is 0.567. The van der Waals surface area contributed by atoms with Crippen molar-refractivity contribution >= 4 is 29.1 Å². The number of carbonyl (C=O) groups excluding carboxylic acids is 1. The molecule has 0 radical (unpaired) electrons. The van der Waals surface area contributed by atoms with E-state index in [1.54, 1.807) is 0 Å². The molecular formula is C12H15Cl2N3O. The number of rotatable bonds is 2. The third-order valence-electron chi connectivity index (χ3n) is 3.27. The van der Waals surface area contributed by atoms with E-state index in [4.69, 9.17) is 23.2 Å². The Balaban J connectivity index is 2.06. The molecule has 0 saturated heterocycles. The number of amides is 1. The molecular weight excluding hydrogens is 273 g/mol. The molecule has 1 saturated carbocycles. The largest absolute Gasteiger partial charge is 0.349 e. The van der Waals surface area contributed by atoms with E-state index in [1.807, 2.05) is 0 Å². The first kappa shape index (κ1) is 13.6. The van der Waals surface area contributed by atoms with Gasteiger partial charge in [0.1, 0.15) is 0 Å². The summed E-state index contributed by atoms with van der Waals surface area (Å²) >= 11 is 11.6. The summed E-state index contributed by atoms with van der Waals surface area (Å²) < 4.78 is 0. The maximum absolute atomic E-state index is 12.1. The monoisotopic (exact) mass is 287 g/mol. The van der Waals surface area contributed by atoms with Crippen LogP contribution < -0.4 is 5.32 Å². The summed E-state index contributed by atoms with van der Waals surface area (Å²) in [7, 11) is 0. The van der Waals surface area contributed by atoms with Crippen molar-refractivity contribution in [3.8, 4) is 0 Å². The molecule has 1 amide bonds. The van der Waals surface area contributed by atoms with Gasteiger partial charge in [0.2, 0.25) is 0 Å². The van der Waals surface area contributed by atoms with Crippen LogP contribution in [0.25, 0.3) is 0 Å². The highest BCUT2D eigenvalue weighted by Gasteiger charge is 2.32. The zero-order valence-electron chi connectivity index (χ0n) is 10.3. The van der Waals surface area contributed by atoms with Gasteiger partial charge in [0, 0.05) is 6.04 Å². The first-order chi connectivity index (χ1) is 8.37.